The molecule has 33 heavy (non-hydrogen) atoms. The van der Waals surface area contributed by atoms with Crippen LogP contribution in [0.15, 0.2) is 66.7 Å². The third kappa shape index (κ3) is 6.33. The summed E-state index contributed by atoms with van der Waals surface area (Å²) in [6.45, 7) is 0. The van der Waals surface area contributed by atoms with E-state index in [1.165, 1.54) is 14.2 Å². The molecule has 0 aliphatic heterocycles. The van der Waals surface area contributed by atoms with Crippen molar-refractivity contribution < 1.29 is 23.9 Å². The van der Waals surface area contributed by atoms with Crippen molar-refractivity contribution in [2.45, 2.75) is 12.8 Å². The van der Waals surface area contributed by atoms with E-state index < -0.39 is 0 Å². The van der Waals surface area contributed by atoms with Gasteiger partial charge in [-0.25, -0.2) is 0 Å². The number of carbonyl (C=O) groups excluding carboxylic acids is 3. The lowest BCUT2D eigenvalue weighted by Crippen LogP contribution is -2.15. The standard InChI is InChI=1S/C25H23ClN2O5/c1-32-22-15-20(28-25(31)17-6-4-3-5-7-17)23(33-2)14-19(22)27-24(30)13-12-21(29)16-8-10-18(26)11-9-16/h3-11,14-15H,12-13H2,1-2H3,(H,27,30)(H,28,31). The summed E-state index contributed by atoms with van der Waals surface area (Å²) in [5.74, 6) is -0.165. The van der Waals surface area contributed by atoms with Gasteiger partial charge in [-0.15, -0.1) is 0 Å². The van der Waals surface area contributed by atoms with E-state index in [9.17, 15) is 14.4 Å². The van der Waals surface area contributed by atoms with Crippen LogP contribution in [-0.4, -0.2) is 31.8 Å². The highest BCUT2D eigenvalue weighted by molar-refractivity contribution is 6.30. The number of ketones is 1. The second-order valence-electron chi connectivity index (χ2n) is 7.05. The molecule has 0 heterocycles. The van der Waals surface area contributed by atoms with E-state index in [1.807, 2.05) is 6.07 Å². The van der Waals surface area contributed by atoms with Crippen LogP contribution >= 0.6 is 11.6 Å². The Morgan fingerprint density at radius 2 is 1.33 bits per heavy atom. The second kappa shape index (κ2) is 11.2. The van der Waals surface area contributed by atoms with Gasteiger partial charge in [-0.3, -0.25) is 14.4 Å². The largest absolute Gasteiger partial charge is 0.494 e. The summed E-state index contributed by atoms with van der Waals surface area (Å²) in [5.41, 5.74) is 1.72. The van der Waals surface area contributed by atoms with Gasteiger partial charge in [0.05, 0.1) is 25.6 Å². The summed E-state index contributed by atoms with van der Waals surface area (Å²) in [7, 11) is 2.90. The van der Waals surface area contributed by atoms with E-state index in [-0.39, 0.29) is 30.4 Å². The van der Waals surface area contributed by atoms with Crippen molar-refractivity contribution in [3.63, 3.8) is 0 Å². The number of methoxy groups -OCH3 is 2. The molecule has 0 bridgehead atoms. The maximum Gasteiger partial charge on any atom is 0.255 e. The van der Waals surface area contributed by atoms with Gasteiger partial charge in [0.2, 0.25) is 5.91 Å². The van der Waals surface area contributed by atoms with Crippen LogP contribution in [0.2, 0.25) is 5.02 Å². The number of hydrogen-bond acceptors (Lipinski definition) is 5. The molecule has 0 radical (unpaired) electrons. The fourth-order valence-electron chi connectivity index (χ4n) is 3.10. The van der Waals surface area contributed by atoms with Crippen LogP contribution in [0, 0.1) is 0 Å². The average Bonchev–Trinajstić information content (AvgIpc) is 2.84. The minimum atomic E-state index is -0.362. The normalized spacial score (nSPS) is 10.3. The Balaban J connectivity index is 1.69. The van der Waals surface area contributed by atoms with Crippen LogP contribution in [0.25, 0.3) is 0 Å². The van der Waals surface area contributed by atoms with Crippen molar-refractivity contribution in [2.75, 3.05) is 24.9 Å². The monoisotopic (exact) mass is 466 g/mol. The molecule has 3 aromatic carbocycles. The van der Waals surface area contributed by atoms with Crippen LogP contribution in [0.1, 0.15) is 33.6 Å². The lowest BCUT2D eigenvalue weighted by molar-refractivity contribution is -0.116. The molecule has 170 valence electrons. The number of carbonyl (C=O) groups is 3. The summed E-state index contributed by atoms with van der Waals surface area (Å²) in [6, 6.07) is 18.4. The zero-order chi connectivity index (χ0) is 23.8. The Bertz CT molecular complexity index is 1150. The van der Waals surface area contributed by atoms with Gasteiger partial charge in [-0.05, 0) is 36.4 Å². The van der Waals surface area contributed by atoms with E-state index in [1.54, 1.807) is 60.7 Å². The smallest absolute Gasteiger partial charge is 0.255 e. The summed E-state index contributed by atoms with van der Waals surface area (Å²) < 4.78 is 10.8. The lowest BCUT2D eigenvalue weighted by Gasteiger charge is -2.16. The third-order valence-electron chi connectivity index (χ3n) is 4.83. The van der Waals surface area contributed by atoms with E-state index >= 15 is 0 Å². The molecule has 2 N–H and O–H groups in total. The molecule has 0 fully saturated rings. The number of rotatable bonds is 9. The number of hydrogen-bond donors (Lipinski definition) is 2. The van der Waals surface area contributed by atoms with Crippen LogP contribution in [0.3, 0.4) is 0 Å². The zero-order valence-corrected chi connectivity index (χ0v) is 18.9. The third-order valence-corrected chi connectivity index (χ3v) is 5.08. The first-order valence-electron chi connectivity index (χ1n) is 10.1. The highest BCUT2D eigenvalue weighted by atomic mass is 35.5. The van der Waals surface area contributed by atoms with Gasteiger partial charge in [-0.2, -0.15) is 0 Å². The number of halogens is 1. The molecule has 0 aromatic heterocycles. The van der Waals surface area contributed by atoms with Crippen LogP contribution in [0.5, 0.6) is 11.5 Å². The second-order valence-corrected chi connectivity index (χ2v) is 7.49. The number of benzene rings is 3. The van der Waals surface area contributed by atoms with Crippen LogP contribution in [0.4, 0.5) is 11.4 Å². The van der Waals surface area contributed by atoms with E-state index in [4.69, 9.17) is 21.1 Å². The lowest BCUT2D eigenvalue weighted by atomic mass is 10.1. The highest BCUT2D eigenvalue weighted by Crippen LogP contribution is 2.36. The predicted octanol–water partition coefficient (Wildman–Crippen LogP) is 5.21. The van der Waals surface area contributed by atoms with Crippen molar-refractivity contribution >= 4 is 40.6 Å². The first-order chi connectivity index (χ1) is 15.9. The highest BCUT2D eigenvalue weighted by Gasteiger charge is 2.17. The first-order valence-corrected chi connectivity index (χ1v) is 10.5. The Labute approximate surface area is 196 Å². The van der Waals surface area contributed by atoms with E-state index in [0.717, 1.165) is 0 Å². The molecule has 8 heteroatoms. The Hall–Kier alpha value is -3.84. The molecule has 0 saturated carbocycles. The SMILES string of the molecule is COc1cc(NC(=O)c2ccccc2)c(OC)cc1NC(=O)CCC(=O)c1ccc(Cl)cc1. The number of Topliss-reactive ketones (excluding diaryl/α,β-unsaturated/α-hetero) is 1. The molecule has 0 unspecified atom stereocenters. The van der Waals surface area contributed by atoms with E-state index in [2.05, 4.69) is 10.6 Å². The molecule has 0 aliphatic carbocycles. The fourth-order valence-corrected chi connectivity index (χ4v) is 3.22. The minimum absolute atomic E-state index is 0.0145. The van der Waals surface area contributed by atoms with Crippen LogP contribution < -0.4 is 20.1 Å². The molecule has 3 aromatic rings. The summed E-state index contributed by atoms with van der Waals surface area (Å²) in [6.07, 6.45) is 0.0254. The maximum atomic E-state index is 12.5. The number of anilines is 2. The Morgan fingerprint density at radius 1 is 0.758 bits per heavy atom. The van der Waals surface area contributed by atoms with Gasteiger partial charge >= 0.3 is 0 Å². The Kier molecular flexibility index (Phi) is 8.05. The van der Waals surface area contributed by atoms with Crippen molar-refractivity contribution in [2.24, 2.45) is 0 Å². The summed E-state index contributed by atoms with van der Waals surface area (Å²) >= 11 is 5.84. The van der Waals surface area contributed by atoms with E-state index in [0.29, 0.717) is 39.0 Å². The number of ether oxygens (including phenoxy) is 2. The topological polar surface area (TPSA) is 93.7 Å². The van der Waals surface area contributed by atoms with Crippen molar-refractivity contribution in [3.8, 4) is 11.5 Å². The van der Waals surface area contributed by atoms with Crippen molar-refractivity contribution in [1.29, 1.82) is 0 Å². The molecule has 0 saturated heterocycles. The number of nitrogens with one attached hydrogen (secondary N) is 2. The van der Waals surface area contributed by atoms with Gasteiger partial charge in [0.25, 0.3) is 5.91 Å². The first kappa shape index (κ1) is 23.8. The molecular formula is C25H23ClN2O5. The molecule has 0 spiro atoms. The van der Waals surface area contributed by atoms with Gasteiger partial charge in [-0.1, -0.05) is 29.8 Å². The number of amides is 2. The van der Waals surface area contributed by atoms with Gasteiger partial charge in [0, 0.05) is 41.1 Å². The zero-order valence-electron chi connectivity index (χ0n) is 18.2. The van der Waals surface area contributed by atoms with Crippen molar-refractivity contribution in [1.82, 2.24) is 0 Å². The average molecular weight is 467 g/mol. The molecule has 7 nitrogen and oxygen atoms in total. The maximum absolute atomic E-state index is 12.5. The van der Waals surface area contributed by atoms with Gasteiger partial charge in [0.1, 0.15) is 11.5 Å². The molecule has 3 rings (SSSR count). The van der Waals surface area contributed by atoms with Crippen LogP contribution in [-0.2, 0) is 4.79 Å². The molecule has 0 atom stereocenters. The fraction of sp³-hybridized carbons (Fsp3) is 0.160. The molecule has 2 amide bonds. The summed E-state index contributed by atoms with van der Waals surface area (Å²) in [4.78, 5) is 37.3. The van der Waals surface area contributed by atoms with Gasteiger partial charge in [0.15, 0.2) is 5.78 Å². The minimum Gasteiger partial charge on any atom is -0.494 e. The molecule has 0 aliphatic rings. The van der Waals surface area contributed by atoms with Crippen molar-refractivity contribution in [3.05, 3.63) is 82.9 Å². The Morgan fingerprint density at radius 3 is 1.91 bits per heavy atom. The predicted molar refractivity (Wildman–Crippen MR) is 128 cm³/mol. The summed E-state index contributed by atoms with van der Waals surface area (Å²) in [5, 5.41) is 6.05. The van der Waals surface area contributed by atoms with Gasteiger partial charge < -0.3 is 20.1 Å². The quantitative estimate of drug-likeness (QED) is 0.422. The molecular weight excluding hydrogens is 444 g/mol.